The van der Waals surface area contributed by atoms with Crippen molar-refractivity contribution in [1.29, 1.82) is 0 Å². The third-order valence-electron chi connectivity index (χ3n) is 5.05. The zero-order chi connectivity index (χ0) is 15.7. The molecule has 1 fully saturated rings. The Morgan fingerprint density at radius 1 is 0.952 bits per heavy atom. The molecule has 0 aromatic heterocycles. The van der Waals surface area contributed by atoms with Crippen molar-refractivity contribution in [3.05, 3.63) is 0 Å². The minimum absolute atomic E-state index is 0.591. The van der Waals surface area contributed by atoms with Crippen LogP contribution in [0.4, 0.5) is 0 Å². The van der Waals surface area contributed by atoms with Crippen molar-refractivity contribution in [3.8, 4) is 0 Å². The molecule has 0 aliphatic carbocycles. The van der Waals surface area contributed by atoms with Crippen LogP contribution in [0.5, 0.6) is 0 Å². The van der Waals surface area contributed by atoms with Crippen LogP contribution in [0, 0.1) is 17.3 Å². The topological polar surface area (TPSA) is 15.3 Å². The molecule has 1 aliphatic rings. The van der Waals surface area contributed by atoms with Crippen molar-refractivity contribution in [1.82, 2.24) is 10.2 Å². The normalized spacial score (nSPS) is 18.9. The number of hydrogen-bond donors (Lipinski definition) is 1. The summed E-state index contributed by atoms with van der Waals surface area (Å²) in [5.74, 6) is 1.64. The van der Waals surface area contributed by atoms with E-state index in [0.717, 1.165) is 11.8 Å². The van der Waals surface area contributed by atoms with Crippen LogP contribution in [0.3, 0.4) is 0 Å². The molecule has 21 heavy (non-hydrogen) atoms. The van der Waals surface area contributed by atoms with E-state index < -0.39 is 0 Å². The Morgan fingerprint density at radius 3 is 1.90 bits per heavy atom. The van der Waals surface area contributed by atoms with Crippen molar-refractivity contribution < 1.29 is 0 Å². The molecule has 126 valence electrons. The second-order valence-corrected chi connectivity index (χ2v) is 8.14. The monoisotopic (exact) mass is 296 g/mol. The molecular formula is C19H40N2. The minimum Gasteiger partial charge on any atom is -0.317 e. The van der Waals surface area contributed by atoms with Gasteiger partial charge >= 0.3 is 0 Å². The van der Waals surface area contributed by atoms with Gasteiger partial charge in [0.15, 0.2) is 0 Å². The molecule has 1 heterocycles. The quantitative estimate of drug-likeness (QED) is 0.636. The largest absolute Gasteiger partial charge is 0.317 e. The van der Waals surface area contributed by atoms with Gasteiger partial charge in [-0.15, -0.1) is 0 Å². The van der Waals surface area contributed by atoms with Crippen LogP contribution >= 0.6 is 0 Å². The van der Waals surface area contributed by atoms with E-state index in [1.165, 1.54) is 71.2 Å². The second-order valence-electron chi connectivity index (χ2n) is 8.14. The molecule has 0 amide bonds. The Hall–Kier alpha value is -0.0800. The van der Waals surface area contributed by atoms with E-state index in [2.05, 4.69) is 44.8 Å². The van der Waals surface area contributed by atoms with Gasteiger partial charge in [-0.25, -0.2) is 0 Å². The van der Waals surface area contributed by atoms with Crippen LogP contribution in [0.15, 0.2) is 0 Å². The van der Waals surface area contributed by atoms with Crippen molar-refractivity contribution in [2.24, 2.45) is 17.3 Å². The second kappa shape index (κ2) is 9.84. The number of hydrogen-bond acceptors (Lipinski definition) is 2. The summed E-state index contributed by atoms with van der Waals surface area (Å²) in [7, 11) is 0. The van der Waals surface area contributed by atoms with Crippen molar-refractivity contribution in [2.45, 2.75) is 73.1 Å². The lowest BCUT2D eigenvalue weighted by atomic mass is 9.75. The average Bonchev–Trinajstić information content (AvgIpc) is 2.43. The number of nitrogens with zero attached hydrogens (tertiary/aromatic N) is 1. The number of piperidine rings is 1. The summed E-state index contributed by atoms with van der Waals surface area (Å²) in [6, 6.07) is 0. The lowest BCUT2D eigenvalue weighted by Gasteiger charge is -2.42. The smallest absolute Gasteiger partial charge is 0.00389 e. The first kappa shape index (κ1) is 19.0. The van der Waals surface area contributed by atoms with Gasteiger partial charge in [0.05, 0.1) is 0 Å². The molecule has 0 radical (unpaired) electrons. The number of nitrogens with one attached hydrogen (secondary N) is 1. The van der Waals surface area contributed by atoms with Gasteiger partial charge in [0.25, 0.3) is 0 Å². The van der Waals surface area contributed by atoms with E-state index in [4.69, 9.17) is 0 Å². The molecule has 1 aliphatic heterocycles. The standard InChI is InChI=1S/C19H40N2/c1-6-9-19(10-12-20-13-11-19)16-21(14-7-17(2)3)15-8-18(4)5/h17-18,20H,6-16H2,1-5H3. The highest BCUT2D eigenvalue weighted by Crippen LogP contribution is 2.35. The highest BCUT2D eigenvalue weighted by atomic mass is 15.1. The van der Waals surface area contributed by atoms with Crippen LogP contribution < -0.4 is 5.32 Å². The molecule has 0 atom stereocenters. The highest BCUT2D eigenvalue weighted by Gasteiger charge is 2.32. The zero-order valence-corrected chi connectivity index (χ0v) is 15.4. The van der Waals surface area contributed by atoms with Gasteiger partial charge in [0, 0.05) is 6.54 Å². The summed E-state index contributed by atoms with van der Waals surface area (Å²) < 4.78 is 0. The summed E-state index contributed by atoms with van der Waals surface area (Å²) in [4.78, 5) is 2.79. The molecule has 1 rings (SSSR count). The highest BCUT2D eigenvalue weighted by molar-refractivity contribution is 4.87. The van der Waals surface area contributed by atoms with E-state index in [0.29, 0.717) is 5.41 Å². The van der Waals surface area contributed by atoms with Gasteiger partial charge in [-0.3, -0.25) is 0 Å². The van der Waals surface area contributed by atoms with Gasteiger partial charge in [0.2, 0.25) is 0 Å². The first-order valence-corrected chi connectivity index (χ1v) is 9.40. The molecule has 2 nitrogen and oxygen atoms in total. The summed E-state index contributed by atoms with van der Waals surface area (Å²) >= 11 is 0. The van der Waals surface area contributed by atoms with Gasteiger partial charge in [-0.1, -0.05) is 41.0 Å². The Bertz CT molecular complexity index is 237. The Labute approximate surface area is 134 Å². The van der Waals surface area contributed by atoms with E-state index in [9.17, 15) is 0 Å². The van der Waals surface area contributed by atoms with Gasteiger partial charge in [-0.05, 0) is 75.5 Å². The lowest BCUT2D eigenvalue weighted by Crippen LogP contribution is -2.45. The third-order valence-corrected chi connectivity index (χ3v) is 5.05. The molecule has 0 aromatic carbocycles. The van der Waals surface area contributed by atoms with Crippen molar-refractivity contribution in [3.63, 3.8) is 0 Å². The SMILES string of the molecule is CCCC1(CN(CCC(C)C)CCC(C)C)CCNCC1. The van der Waals surface area contributed by atoms with Gasteiger partial charge < -0.3 is 10.2 Å². The van der Waals surface area contributed by atoms with Crippen LogP contribution in [0.1, 0.15) is 73.1 Å². The van der Waals surface area contributed by atoms with Crippen LogP contribution in [-0.4, -0.2) is 37.6 Å². The molecule has 0 saturated carbocycles. The predicted octanol–water partition coefficient (Wildman–Crippen LogP) is 4.55. The summed E-state index contributed by atoms with van der Waals surface area (Å²) in [5.41, 5.74) is 0.591. The maximum Gasteiger partial charge on any atom is 0.00389 e. The molecule has 0 bridgehead atoms. The van der Waals surface area contributed by atoms with E-state index in [-0.39, 0.29) is 0 Å². The zero-order valence-electron chi connectivity index (χ0n) is 15.4. The van der Waals surface area contributed by atoms with Crippen LogP contribution in [0.25, 0.3) is 0 Å². The summed E-state index contributed by atoms with van der Waals surface area (Å²) in [6.07, 6.45) is 8.19. The van der Waals surface area contributed by atoms with Crippen molar-refractivity contribution in [2.75, 3.05) is 32.7 Å². The number of rotatable bonds is 10. The molecule has 1 N–H and O–H groups in total. The third kappa shape index (κ3) is 7.65. The Balaban J connectivity index is 2.60. The fourth-order valence-electron chi connectivity index (χ4n) is 3.60. The molecule has 0 unspecified atom stereocenters. The van der Waals surface area contributed by atoms with E-state index in [1.807, 2.05) is 0 Å². The van der Waals surface area contributed by atoms with Crippen molar-refractivity contribution >= 4 is 0 Å². The average molecular weight is 297 g/mol. The first-order chi connectivity index (χ1) is 9.97. The fourth-order valence-corrected chi connectivity index (χ4v) is 3.60. The van der Waals surface area contributed by atoms with E-state index in [1.54, 1.807) is 0 Å². The van der Waals surface area contributed by atoms with Crippen LogP contribution in [0.2, 0.25) is 0 Å². The molecule has 0 aromatic rings. The Morgan fingerprint density at radius 2 is 1.48 bits per heavy atom. The fraction of sp³-hybridized carbons (Fsp3) is 1.00. The first-order valence-electron chi connectivity index (χ1n) is 9.40. The minimum atomic E-state index is 0.591. The van der Waals surface area contributed by atoms with Crippen LogP contribution in [-0.2, 0) is 0 Å². The lowest BCUT2D eigenvalue weighted by molar-refractivity contribution is 0.0941. The van der Waals surface area contributed by atoms with Gasteiger partial charge in [0.1, 0.15) is 0 Å². The summed E-state index contributed by atoms with van der Waals surface area (Å²) in [6.45, 7) is 18.1. The molecular weight excluding hydrogens is 256 g/mol. The molecule has 0 spiro atoms. The molecule has 2 heteroatoms. The maximum atomic E-state index is 3.55. The predicted molar refractivity (Wildman–Crippen MR) is 94.8 cm³/mol. The van der Waals surface area contributed by atoms with E-state index >= 15 is 0 Å². The Kier molecular flexibility index (Phi) is 8.89. The summed E-state index contributed by atoms with van der Waals surface area (Å²) in [5, 5.41) is 3.55. The maximum absolute atomic E-state index is 3.55. The van der Waals surface area contributed by atoms with Gasteiger partial charge in [-0.2, -0.15) is 0 Å². The molecule has 1 saturated heterocycles.